The lowest BCUT2D eigenvalue weighted by Crippen LogP contribution is -2.15. The quantitative estimate of drug-likeness (QED) is 0.620. The fourth-order valence-corrected chi connectivity index (χ4v) is 1.86. The molecule has 0 spiro atoms. The molecule has 1 rings (SSSR count). The van der Waals surface area contributed by atoms with E-state index in [0.717, 1.165) is 37.6 Å². The van der Waals surface area contributed by atoms with Crippen molar-refractivity contribution in [1.82, 2.24) is 5.32 Å². The van der Waals surface area contributed by atoms with Gasteiger partial charge in [-0.2, -0.15) is 0 Å². The van der Waals surface area contributed by atoms with Crippen LogP contribution in [0.2, 0.25) is 0 Å². The van der Waals surface area contributed by atoms with Crippen LogP contribution in [0.5, 0.6) is 11.5 Å². The zero-order valence-electron chi connectivity index (χ0n) is 12.3. The molecule has 0 aromatic heterocycles. The fourth-order valence-electron chi connectivity index (χ4n) is 1.86. The molecule has 1 aromatic rings. The summed E-state index contributed by atoms with van der Waals surface area (Å²) >= 11 is 0. The summed E-state index contributed by atoms with van der Waals surface area (Å²) in [6.07, 6.45) is 4.72. The van der Waals surface area contributed by atoms with Gasteiger partial charge in [0.25, 0.3) is 0 Å². The van der Waals surface area contributed by atoms with E-state index >= 15 is 0 Å². The van der Waals surface area contributed by atoms with E-state index in [1.807, 2.05) is 31.2 Å². The minimum Gasteiger partial charge on any atom is -0.490 e. The van der Waals surface area contributed by atoms with Crippen molar-refractivity contribution in [3.8, 4) is 11.5 Å². The molecule has 19 heavy (non-hydrogen) atoms. The number of hydrogen-bond acceptors (Lipinski definition) is 3. The smallest absolute Gasteiger partial charge is 0.161 e. The van der Waals surface area contributed by atoms with Crippen molar-refractivity contribution in [3.63, 3.8) is 0 Å². The lowest BCUT2D eigenvalue weighted by atomic mass is 10.2. The number of nitrogens with one attached hydrogen (secondary N) is 1. The second kappa shape index (κ2) is 10.7. The predicted molar refractivity (Wildman–Crippen MR) is 80.1 cm³/mol. The Kier molecular flexibility index (Phi) is 8.90. The van der Waals surface area contributed by atoms with E-state index in [1.165, 1.54) is 19.3 Å². The van der Waals surface area contributed by atoms with E-state index in [-0.39, 0.29) is 0 Å². The Hall–Kier alpha value is -1.22. The summed E-state index contributed by atoms with van der Waals surface area (Å²) in [5, 5.41) is 3.41. The van der Waals surface area contributed by atoms with Crippen molar-refractivity contribution in [2.75, 3.05) is 26.3 Å². The minimum absolute atomic E-state index is 0.670. The Morgan fingerprint density at radius 1 is 0.895 bits per heavy atom. The second-order valence-electron chi connectivity index (χ2n) is 4.54. The van der Waals surface area contributed by atoms with E-state index in [4.69, 9.17) is 9.47 Å². The summed E-state index contributed by atoms with van der Waals surface area (Å²) in [5.41, 5.74) is 0. The largest absolute Gasteiger partial charge is 0.490 e. The summed E-state index contributed by atoms with van der Waals surface area (Å²) in [6.45, 7) is 7.85. The number of unbranched alkanes of at least 4 members (excludes halogenated alkanes) is 2. The summed E-state index contributed by atoms with van der Waals surface area (Å²) in [6, 6.07) is 7.87. The van der Waals surface area contributed by atoms with Gasteiger partial charge in [0, 0.05) is 0 Å². The molecule has 3 heteroatoms. The van der Waals surface area contributed by atoms with E-state index in [0.29, 0.717) is 6.61 Å². The molecule has 0 amide bonds. The summed E-state index contributed by atoms with van der Waals surface area (Å²) in [5.74, 6) is 1.70. The highest BCUT2D eigenvalue weighted by molar-refractivity contribution is 5.39. The second-order valence-corrected chi connectivity index (χ2v) is 4.54. The highest BCUT2D eigenvalue weighted by atomic mass is 16.5. The molecule has 0 fully saturated rings. The van der Waals surface area contributed by atoms with E-state index in [9.17, 15) is 0 Å². The topological polar surface area (TPSA) is 30.5 Å². The van der Waals surface area contributed by atoms with Crippen molar-refractivity contribution < 1.29 is 9.47 Å². The number of hydrogen-bond donors (Lipinski definition) is 1. The van der Waals surface area contributed by atoms with E-state index < -0.39 is 0 Å². The van der Waals surface area contributed by atoms with Crippen molar-refractivity contribution >= 4 is 0 Å². The van der Waals surface area contributed by atoms with Gasteiger partial charge in [-0.3, -0.25) is 0 Å². The van der Waals surface area contributed by atoms with Crippen LogP contribution >= 0.6 is 0 Å². The zero-order chi connectivity index (χ0) is 13.8. The fraction of sp³-hybridized carbons (Fsp3) is 0.625. The maximum absolute atomic E-state index is 5.77. The standard InChI is InChI=1S/C16H27NO2/c1-3-12-17-13-8-5-9-14-19-16-11-7-6-10-15(16)18-4-2/h6-7,10-11,17H,3-5,8-9,12-14H2,1-2H3. The molecule has 108 valence electrons. The zero-order valence-corrected chi connectivity index (χ0v) is 12.3. The molecule has 0 radical (unpaired) electrons. The average molecular weight is 265 g/mol. The van der Waals surface area contributed by atoms with Crippen LogP contribution in [0.15, 0.2) is 24.3 Å². The van der Waals surface area contributed by atoms with Crippen LogP contribution in [0.25, 0.3) is 0 Å². The first kappa shape index (κ1) is 15.8. The summed E-state index contributed by atoms with van der Waals surface area (Å²) < 4.78 is 11.3. The van der Waals surface area contributed by atoms with Gasteiger partial charge in [0.05, 0.1) is 13.2 Å². The van der Waals surface area contributed by atoms with Crippen LogP contribution in [-0.2, 0) is 0 Å². The van der Waals surface area contributed by atoms with Gasteiger partial charge in [-0.05, 0) is 57.8 Å². The molecule has 0 aliphatic carbocycles. The minimum atomic E-state index is 0.670. The predicted octanol–water partition coefficient (Wildman–Crippen LogP) is 3.63. The lowest BCUT2D eigenvalue weighted by Gasteiger charge is -2.11. The molecular weight excluding hydrogens is 238 g/mol. The first-order valence-electron chi connectivity index (χ1n) is 7.43. The normalized spacial score (nSPS) is 10.4. The Labute approximate surface area is 117 Å². The molecule has 0 bridgehead atoms. The lowest BCUT2D eigenvalue weighted by molar-refractivity contribution is 0.270. The molecule has 0 heterocycles. The highest BCUT2D eigenvalue weighted by Crippen LogP contribution is 2.26. The Balaban J connectivity index is 2.12. The molecule has 0 atom stereocenters. The van der Waals surface area contributed by atoms with E-state index in [2.05, 4.69) is 12.2 Å². The van der Waals surface area contributed by atoms with Gasteiger partial charge in [-0.25, -0.2) is 0 Å². The Morgan fingerprint density at radius 2 is 1.63 bits per heavy atom. The first-order valence-corrected chi connectivity index (χ1v) is 7.43. The maximum atomic E-state index is 5.77. The number of benzene rings is 1. The monoisotopic (exact) mass is 265 g/mol. The Bertz CT molecular complexity index is 328. The summed E-state index contributed by atoms with van der Waals surface area (Å²) in [7, 11) is 0. The van der Waals surface area contributed by atoms with Gasteiger partial charge in [-0.1, -0.05) is 19.1 Å². The average Bonchev–Trinajstić information content (AvgIpc) is 2.44. The van der Waals surface area contributed by atoms with Crippen LogP contribution in [0.4, 0.5) is 0 Å². The van der Waals surface area contributed by atoms with Crippen molar-refractivity contribution in [3.05, 3.63) is 24.3 Å². The van der Waals surface area contributed by atoms with E-state index in [1.54, 1.807) is 0 Å². The summed E-state index contributed by atoms with van der Waals surface area (Å²) in [4.78, 5) is 0. The third-order valence-corrected chi connectivity index (χ3v) is 2.83. The molecule has 0 aliphatic heterocycles. The molecule has 0 unspecified atom stereocenters. The molecular formula is C16H27NO2. The van der Waals surface area contributed by atoms with Crippen LogP contribution in [0.1, 0.15) is 39.5 Å². The number of ether oxygens (including phenoxy) is 2. The van der Waals surface area contributed by atoms with Crippen molar-refractivity contribution in [2.24, 2.45) is 0 Å². The van der Waals surface area contributed by atoms with Gasteiger partial charge in [0.2, 0.25) is 0 Å². The van der Waals surface area contributed by atoms with Gasteiger partial charge in [0.1, 0.15) is 0 Å². The SMILES string of the molecule is CCCNCCCCCOc1ccccc1OCC. The van der Waals surface area contributed by atoms with Crippen LogP contribution in [0, 0.1) is 0 Å². The molecule has 1 aromatic carbocycles. The molecule has 0 aliphatic rings. The number of rotatable bonds is 11. The van der Waals surface area contributed by atoms with Gasteiger partial charge in [-0.15, -0.1) is 0 Å². The Morgan fingerprint density at radius 3 is 2.32 bits per heavy atom. The first-order chi connectivity index (χ1) is 9.38. The van der Waals surface area contributed by atoms with Gasteiger partial charge < -0.3 is 14.8 Å². The maximum Gasteiger partial charge on any atom is 0.161 e. The highest BCUT2D eigenvalue weighted by Gasteiger charge is 2.02. The molecule has 0 saturated heterocycles. The molecule has 1 N–H and O–H groups in total. The van der Waals surface area contributed by atoms with Crippen molar-refractivity contribution in [2.45, 2.75) is 39.5 Å². The van der Waals surface area contributed by atoms with Crippen molar-refractivity contribution in [1.29, 1.82) is 0 Å². The molecule has 0 saturated carbocycles. The van der Waals surface area contributed by atoms with Crippen LogP contribution in [-0.4, -0.2) is 26.3 Å². The van der Waals surface area contributed by atoms with Gasteiger partial charge in [0.15, 0.2) is 11.5 Å². The van der Waals surface area contributed by atoms with Crippen LogP contribution < -0.4 is 14.8 Å². The third-order valence-electron chi connectivity index (χ3n) is 2.83. The van der Waals surface area contributed by atoms with Gasteiger partial charge >= 0.3 is 0 Å². The number of para-hydroxylation sites is 2. The van der Waals surface area contributed by atoms with Crippen LogP contribution in [0.3, 0.4) is 0 Å². The third kappa shape index (κ3) is 7.06. The molecule has 3 nitrogen and oxygen atoms in total.